The fraction of sp³-hybridized carbons (Fsp3) is 0.357. The van der Waals surface area contributed by atoms with Crippen LogP contribution < -0.4 is 5.32 Å². The lowest BCUT2D eigenvalue weighted by Crippen LogP contribution is -2.24. The van der Waals surface area contributed by atoms with E-state index >= 15 is 0 Å². The van der Waals surface area contributed by atoms with Crippen molar-refractivity contribution in [2.24, 2.45) is 0 Å². The molecule has 6 nitrogen and oxygen atoms in total. The topological polar surface area (TPSA) is 77.3 Å². The molecule has 1 N–H and O–H groups in total. The van der Waals surface area contributed by atoms with E-state index in [1.807, 2.05) is 6.92 Å². The van der Waals surface area contributed by atoms with Gasteiger partial charge >= 0.3 is 0 Å². The quantitative estimate of drug-likeness (QED) is 0.654. The Morgan fingerprint density at radius 1 is 1.57 bits per heavy atom. The monoisotopic (exact) mass is 293 g/mol. The first-order valence-corrected chi connectivity index (χ1v) is 6.55. The Bertz CT molecular complexity index is 663. The first-order valence-electron chi connectivity index (χ1n) is 6.55. The Kier molecular flexibility index (Phi) is 4.64. The third-order valence-corrected chi connectivity index (χ3v) is 3.23. The highest BCUT2D eigenvalue weighted by Gasteiger charge is 2.21. The van der Waals surface area contributed by atoms with Gasteiger partial charge in [0.1, 0.15) is 5.52 Å². The molecule has 1 heterocycles. The maximum atomic E-state index is 14.2. The highest BCUT2D eigenvalue weighted by atomic mass is 19.1. The Labute approximate surface area is 121 Å². The zero-order valence-corrected chi connectivity index (χ0v) is 11.8. The molecule has 1 unspecified atom stereocenters. The van der Waals surface area contributed by atoms with Crippen LogP contribution in [0, 0.1) is 15.9 Å². The largest absolute Gasteiger partial charge is 0.383 e. The molecule has 1 aromatic heterocycles. The Morgan fingerprint density at radius 3 is 2.95 bits per heavy atom. The maximum Gasteiger partial charge on any atom is 0.281 e. The van der Waals surface area contributed by atoms with E-state index in [0.29, 0.717) is 12.0 Å². The van der Waals surface area contributed by atoms with Crippen LogP contribution in [0.1, 0.15) is 13.3 Å². The summed E-state index contributed by atoms with van der Waals surface area (Å²) in [4.78, 5) is 14.5. The molecule has 0 bridgehead atoms. The van der Waals surface area contributed by atoms with Crippen LogP contribution in [0.2, 0.25) is 0 Å². The van der Waals surface area contributed by atoms with Gasteiger partial charge in [0.05, 0.1) is 28.7 Å². The molecule has 0 aliphatic carbocycles. The van der Waals surface area contributed by atoms with Crippen LogP contribution in [0.25, 0.3) is 10.9 Å². The number of aromatic nitrogens is 1. The molecule has 7 heteroatoms. The van der Waals surface area contributed by atoms with Crippen molar-refractivity contribution in [2.45, 2.75) is 19.4 Å². The van der Waals surface area contributed by atoms with Gasteiger partial charge in [0, 0.05) is 19.3 Å². The van der Waals surface area contributed by atoms with Gasteiger partial charge in [-0.15, -0.1) is 0 Å². The van der Waals surface area contributed by atoms with Gasteiger partial charge in [-0.05, 0) is 18.6 Å². The smallest absolute Gasteiger partial charge is 0.281 e. The van der Waals surface area contributed by atoms with E-state index in [1.54, 1.807) is 19.2 Å². The minimum absolute atomic E-state index is 0.101. The lowest BCUT2D eigenvalue weighted by molar-refractivity contribution is -0.383. The van der Waals surface area contributed by atoms with Crippen LogP contribution in [-0.2, 0) is 4.74 Å². The number of nitro groups is 1. The zero-order chi connectivity index (χ0) is 15.4. The summed E-state index contributed by atoms with van der Waals surface area (Å²) in [6, 6.07) is 3.97. The molecule has 0 radical (unpaired) electrons. The van der Waals surface area contributed by atoms with E-state index < -0.39 is 10.7 Å². The second kappa shape index (κ2) is 6.45. The molecule has 0 saturated carbocycles. The number of benzene rings is 1. The SMILES string of the molecule is CCC(COC)Nc1c(F)cc([N+](=O)[O-])c2cccnc12. The lowest BCUT2D eigenvalue weighted by Gasteiger charge is -2.18. The summed E-state index contributed by atoms with van der Waals surface area (Å²) >= 11 is 0. The minimum atomic E-state index is -0.692. The Hall–Kier alpha value is -2.28. The molecule has 0 amide bonds. The second-order valence-corrected chi connectivity index (χ2v) is 4.61. The van der Waals surface area contributed by atoms with Gasteiger partial charge in [-0.1, -0.05) is 6.92 Å². The summed E-state index contributed by atoms with van der Waals surface area (Å²) in [5.41, 5.74) is 0.125. The van der Waals surface area contributed by atoms with Gasteiger partial charge in [-0.3, -0.25) is 15.1 Å². The molecule has 1 atom stereocenters. The molecule has 21 heavy (non-hydrogen) atoms. The summed E-state index contributed by atoms with van der Waals surface area (Å²) < 4.78 is 19.3. The number of anilines is 1. The van der Waals surface area contributed by atoms with E-state index in [1.165, 1.54) is 6.20 Å². The third kappa shape index (κ3) is 3.08. The van der Waals surface area contributed by atoms with Crippen LogP contribution in [0.3, 0.4) is 0 Å². The van der Waals surface area contributed by atoms with Crippen molar-refractivity contribution in [2.75, 3.05) is 19.0 Å². The van der Waals surface area contributed by atoms with Crippen molar-refractivity contribution in [1.29, 1.82) is 0 Å². The summed E-state index contributed by atoms with van der Waals surface area (Å²) in [7, 11) is 1.56. The van der Waals surface area contributed by atoms with Gasteiger partial charge in [-0.2, -0.15) is 0 Å². The van der Waals surface area contributed by atoms with Gasteiger partial charge in [-0.25, -0.2) is 4.39 Å². The predicted molar refractivity (Wildman–Crippen MR) is 77.9 cm³/mol. The van der Waals surface area contributed by atoms with Crippen molar-refractivity contribution in [1.82, 2.24) is 4.98 Å². The number of halogens is 1. The van der Waals surface area contributed by atoms with Crippen LogP contribution in [0.4, 0.5) is 15.8 Å². The number of rotatable bonds is 6. The number of hydrogen-bond acceptors (Lipinski definition) is 5. The fourth-order valence-corrected chi connectivity index (χ4v) is 2.15. The third-order valence-electron chi connectivity index (χ3n) is 3.23. The number of pyridine rings is 1. The van der Waals surface area contributed by atoms with Crippen molar-refractivity contribution in [3.8, 4) is 0 Å². The molecule has 0 aliphatic heterocycles. The van der Waals surface area contributed by atoms with Crippen LogP contribution in [0.5, 0.6) is 0 Å². The van der Waals surface area contributed by atoms with Crippen molar-refractivity contribution >= 4 is 22.3 Å². The van der Waals surface area contributed by atoms with Gasteiger partial charge < -0.3 is 10.1 Å². The Morgan fingerprint density at radius 2 is 2.33 bits per heavy atom. The summed E-state index contributed by atoms with van der Waals surface area (Å²) in [6.07, 6.45) is 2.20. The molecule has 112 valence electrons. The van der Waals surface area contributed by atoms with E-state index in [4.69, 9.17) is 4.74 Å². The molecule has 0 saturated heterocycles. The average molecular weight is 293 g/mol. The van der Waals surface area contributed by atoms with Crippen molar-refractivity contribution in [3.63, 3.8) is 0 Å². The highest BCUT2D eigenvalue weighted by molar-refractivity contribution is 5.97. The summed E-state index contributed by atoms with van der Waals surface area (Å²) in [5, 5.41) is 14.4. The highest BCUT2D eigenvalue weighted by Crippen LogP contribution is 2.33. The predicted octanol–water partition coefficient (Wildman–Crippen LogP) is 3.12. The number of nitrogens with zero attached hydrogens (tertiary/aromatic N) is 2. The van der Waals surface area contributed by atoms with E-state index in [9.17, 15) is 14.5 Å². The van der Waals surface area contributed by atoms with Crippen molar-refractivity contribution < 1.29 is 14.1 Å². The fourth-order valence-electron chi connectivity index (χ4n) is 2.15. The Balaban J connectivity index is 2.56. The van der Waals surface area contributed by atoms with Crippen molar-refractivity contribution in [3.05, 3.63) is 40.3 Å². The molecular weight excluding hydrogens is 277 g/mol. The number of hydrogen-bond donors (Lipinski definition) is 1. The van der Waals surface area contributed by atoms with E-state index in [0.717, 1.165) is 12.5 Å². The number of nitrogens with one attached hydrogen (secondary N) is 1. The minimum Gasteiger partial charge on any atom is -0.383 e. The first kappa shape index (κ1) is 15.1. The molecule has 0 aliphatic rings. The summed E-state index contributed by atoms with van der Waals surface area (Å²) in [6.45, 7) is 2.34. The number of ether oxygens (including phenoxy) is 1. The number of fused-ring (bicyclic) bond motifs is 1. The van der Waals surface area contributed by atoms with Gasteiger partial charge in [0.15, 0.2) is 5.82 Å². The van der Waals surface area contributed by atoms with E-state index in [2.05, 4.69) is 10.3 Å². The standard InChI is InChI=1S/C14H16FN3O3/c1-3-9(8-21-2)17-14-11(15)7-12(18(19)20)10-5-4-6-16-13(10)14/h4-7,9,17H,3,8H2,1-2H3. The number of nitro benzene ring substituents is 1. The van der Waals surface area contributed by atoms with Gasteiger partial charge in [0.2, 0.25) is 0 Å². The van der Waals surface area contributed by atoms with Crippen LogP contribution in [0.15, 0.2) is 24.4 Å². The molecule has 2 rings (SSSR count). The first-order chi connectivity index (χ1) is 10.1. The maximum absolute atomic E-state index is 14.2. The molecule has 1 aromatic carbocycles. The number of methoxy groups -OCH3 is 1. The summed E-state index contributed by atoms with van der Waals surface area (Å²) in [5.74, 6) is -0.692. The second-order valence-electron chi connectivity index (χ2n) is 4.61. The van der Waals surface area contributed by atoms with Crippen LogP contribution in [-0.4, -0.2) is 29.7 Å². The molecule has 0 spiro atoms. The van der Waals surface area contributed by atoms with Gasteiger partial charge in [0.25, 0.3) is 5.69 Å². The lowest BCUT2D eigenvalue weighted by atomic mass is 10.1. The molecule has 2 aromatic rings. The average Bonchev–Trinajstić information content (AvgIpc) is 2.48. The zero-order valence-electron chi connectivity index (χ0n) is 11.8. The number of non-ortho nitro benzene ring substituents is 1. The van der Waals surface area contributed by atoms with Crippen LogP contribution >= 0.6 is 0 Å². The molecular formula is C14H16FN3O3. The normalized spacial score (nSPS) is 12.3. The molecule has 0 fully saturated rings. The van der Waals surface area contributed by atoms with E-state index in [-0.39, 0.29) is 22.9 Å².